The number of carbonyl (C=O) groups is 1. The molecule has 0 fully saturated rings. The van der Waals surface area contributed by atoms with Crippen LogP contribution in [0.25, 0.3) is 11.0 Å². The minimum atomic E-state index is -3.80. The number of nitrogens with zero attached hydrogens (tertiary/aromatic N) is 2. The number of fused-ring (bicyclic) bond motifs is 1. The Morgan fingerprint density at radius 2 is 2.10 bits per heavy atom. The topological polar surface area (TPSA) is 102 Å². The van der Waals surface area contributed by atoms with Gasteiger partial charge in [0.05, 0.1) is 19.2 Å². The number of ether oxygens (including phenoxy) is 1. The second-order valence-electron chi connectivity index (χ2n) is 6.50. The van der Waals surface area contributed by atoms with Crippen LogP contribution in [0.1, 0.15) is 25.6 Å². The molecule has 9 heteroatoms. The van der Waals surface area contributed by atoms with Crippen molar-refractivity contribution < 1.29 is 22.4 Å². The lowest BCUT2D eigenvalue weighted by molar-refractivity contribution is -0.121. The number of likely N-dealkylation sites (N-methyl/N-ethyl adjacent to an activating group) is 1. The molecule has 1 N–H and O–H groups in total. The maximum Gasteiger partial charge on any atom is 0.244 e. The summed E-state index contributed by atoms with van der Waals surface area (Å²) in [6, 6.07) is 9.94. The lowest BCUT2D eigenvalue weighted by Gasteiger charge is -2.18. The fourth-order valence-electron chi connectivity index (χ4n) is 2.86. The van der Waals surface area contributed by atoms with E-state index in [1.807, 2.05) is 31.2 Å². The number of pyridine rings is 1. The summed E-state index contributed by atoms with van der Waals surface area (Å²) >= 11 is 0. The summed E-state index contributed by atoms with van der Waals surface area (Å²) in [6.45, 7) is 3.85. The standard InChI is InChI=1S/C20H23N3O5S/c1-4-27-17-9-5-7-15-11-18(28-20(15)17)14(2)22-19(24)13-23(3)29(25,26)16-8-6-10-21-12-16/h5-12,14H,4,13H2,1-3H3,(H,22,24). The third kappa shape index (κ3) is 4.57. The van der Waals surface area contributed by atoms with Crippen LogP contribution in [0.15, 0.2) is 58.1 Å². The Kier molecular flexibility index (Phi) is 6.19. The van der Waals surface area contributed by atoms with E-state index in [0.717, 1.165) is 9.69 Å². The van der Waals surface area contributed by atoms with Crippen LogP contribution in [-0.2, 0) is 14.8 Å². The van der Waals surface area contributed by atoms with Gasteiger partial charge in [-0.2, -0.15) is 4.31 Å². The number of sulfonamides is 1. The fraction of sp³-hybridized carbons (Fsp3) is 0.300. The van der Waals surface area contributed by atoms with Crippen LogP contribution in [0, 0.1) is 0 Å². The molecule has 1 amide bonds. The number of hydrogen-bond donors (Lipinski definition) is 1. The van der Waals surface area contributed by atoms with Gasteiger partial charge in [0.1, 0.15) is 10.7 Å². The third-order valence-electron chi connectivity index (χ3n) is 4.34. The molecule has 0 saturated carbocycles. The number of rotatable bonds is 8. The molecule has 2 aromatic heterocycles. The smallest absolute Gasteiger partial charge is 0.244 e. The molecule has 1 atom stereocenters. The second-order valence-corrected chi connectivity index (χ2v) is 8.54. The minimum absolute atomic E-state index is 0.0316. The van der Waals surface area contributed by atoms with Crippen molar-refractivity contribution in [2.45, 2.75) is 24.8 Å². The highest BCUT2D eigenvalue weighted by Gasteiger charge is 2.24. The molecule has 0 spiro atoms. The molecule has 1 aromatic carbocycles. The van der Waals surface area contributed by atoms with Crippen LogP contribution in [0.3, 0.4) is 0 Å². The van der Waals surface area contributed by atoms with Gasteiger partial charge in [0, 0.05) is 24.8 Å². The van der Waals surface area contributed by atoms with Crippen LogP contribution < -0.4 is 10.1 Å². The Morgan fingerprint density at radius 3 is 2.79 bits per heavy atom. The van der Waals surface area contributed by atoms with E-state index in [0.29, 0.717) is 23.7 Å². The minimum Gasteiger partial charge on any atom is -0.490 e. The number of furan rings is 1. The van der Waals surface area contributed by atoms with Crippen molar-refractivity contribution in [3.05, 3.63) is 54.6 Å². The zero-order chi connectivity index (χ0) is 21.0. The zero-order valence-electron chi connectivity index (χ0n) is 16.5. The van der Waals surface area contributed by atoms with Crippen LogP contribution in [0.5, 0.6) is 5.75 Å². The maximum absolute atomic E-state index is 12.5. The first-order valence-electron chi connectivity index (χ1n) is 9.14. The molecule has 2 heterocycles. The Bertz CT molecular complexity index is 1100. The van der Waals surface area contributed by atoms with Gasteiger partial charge in [0.25, 0.3) is 0 Å². The van der Waals surface area contributed by atoms with E-state index < -0.39 is 22.0 Å². The number of aromatic nitrogens is 1. The normalized spacial score (nSPS) is 12.8. The third-order valence-corrected chi connectivity index (χ3v) is 6.13. The van der Waals surface area contributed by atoms with Gasteiger partial charge >= 0.3 is 0 Å². The molecule has 8 nitrogen and oxygen atoms in total. The molecule has 0 bridgehead atoms. The molecule has 0 saturated heterocycles. The van der Waals surface area contributed by atoms with E-state index in [9.17, 15) is 13.2 Å². The number of carbonyl (C=O) groups excluding carboxylic acids is 1. The second kappa shape index (κ2) is 8.62. The molecule has 0 aliphatic rings. The highest BCUT2D eigenvalue weighted by molar-refractivity contribution is 7.89. The molecule has 1 unspecified atom stereocenters. The number of amides is 1. The van der Waals surface area contributed by atoms with Gasteiger partial charge < -0.3 is 14.5 Å². The van der Waals surface area contributed by atoms with Gasteiger partial charge in [-0.15, -0.1) is 0 Å². The van der Waals surface area contributed by atoms with Crippen LogP contribution in [-0.4, -0.2) is 43.8 Å². The van der Waals surface area contributed by atoms with E-state index in [1.54, 1.807) is 6.92 Å². The van der Waals surface area contributed by atoms with Crippen LogP contribution >= 0.6 is 0 Å². The van der Waals surface area contributed by atoms with E-state index in [1.165, 1.54) is 31.6 Å². The van der Waals surface area contributed by atoms with E-state index >= 15 is 0 Å². The summed E-state index contributed by atoms with van der Waals surface area (Å²) < 4.78 is 37.5. The summed E-state index contributed by atoms with van der Waals surface area (Å²) in [5, 5.41) is 3.63. The Morgan fingerprint density at radius 1 is 1.31 bits per heavy atom. The monoisotopic (exact) mass is 417 g/mol. The van der Waals surface area contributed by atoms with Crippen molar-refractivity contribution in [3.63, 3.8) is 0 Å². The molecule has 154 valence electrons. The van der Waals surface area contributed by atoms with Crippen molar-refractivity contribution in [2.75, 3.05) is 20.2 Å². The van der Waals surface area contributed by atoms with Crippen molar-refractivity contribution >= 4 is 26.9 Å². The Hall–Kier alpha value is -2.91. The first-order chi connectivity index (χ1) is 13.8. The first-order valence-corrected chi connectivity index (χ1v) is 10.6. The Balaban J connectivity index is 1.69. The fourth-order valence-corrected chi connectivity index (χ4v) is 3.96. The molecule has 3 rings (SSSR count). The number of para-hydroxylation sites is 1. The van der Waals surface area contributed by atoms with Crippen molar-refractivity contribution in [2.24, 2.45) is 0 Å². The molecule has 0 aliphatic heterocycles. The van der Waals surface area contributed by atoms with E-state index in [-0.39, 0.29) is 11.4 Å². The van der Waals surface area contributed by atoms with Gasteiger partial charge in [0.2, 0.25) is 15.9 Å². The molecular formula is C20H23N3O5S. The van der Waals surface area contributed by atoms with Crippen molar-refractivity contribution in [1.82, 2.24) is 14.6 Å². The maximum atomic E-state index is 12.5. The number of benzene rings is 1. The summed E-state index contributed by atoms with van der Waals surface area (Å²) in [6.07, 6.45) is 2.73. The average molecular weight is 417 g/mol. The predicted octanol–water partition coefficient (Wildman–Crippen LogP) is 2.72. The van der Waals surface area contributed by atoms with Crippen LogP contribution in [0.2, 0.25) is 0 Å². The number of hydrogen-bond acceptors (Lipinski definition) is 6. The first kappa shape index (κ1) is 20.8. The SMILES string of the molecule is CCOc1cccc2cc(C(C)NC(=O)CN(C)S(=O)(=O)c3cccnc3)oc12. The summed E-state index contributed by atoms with van der Waals surface area (Å²) in [7, 11) is -2.45. The van der Waals surface area contributed by atoms with Gasteiger partial charge in [0.15, 0.2) is 11.3 Å². The van der Waals surface area contributed by atoms with E-state index in [4.69, 9.17) is 9.15 Å². The van der Waals surface area contributed by atoms with Crippen molar-refractivity contribution in [3.8, 4) is 5.75 Å². The molecular weight excluding hydrogens is 394 g/mol. The van der Waals surface area contributed by atoms with Gasteiger partial charge in [-0.05, 0) is 38.1 Å². The average Bonchev–Trinajstić information content (AvgIpc) is 3.14. The number of nitrogens with one attached hydrogen (secondary N) is 1. The highest BCUT2D eigenvalue weighted by atomic mass is 32.2. The molecule has 0 aliphatic carbocycles. The van der Waals surface area contributed by atoms with Crippen molar-refractivity contribution in [1.29, 1.82) is 0 Å². The van der Waals surface area contributed by atoms with E-state index in [2.05, 4.69) is 10.3 Å². The van der Waals surface area contributed by atoms with Crippen LogP contribution in [0.4, 0.5) is 0 Å². The molecule has 29 heavy (non-hydrogen) atoms. The van der Waals surface area contributed by atoms with Gasteiger partial charge in [-0.3, -0.25) is 9.78 Å². The predicted molar refractivity (Wildman–Crippen MR) is 108 cm³/mol. The Labute approximate surface area is 169 Å². The largest absolute Gasteiger partial charge is 0.490 e. The summed E-state index contributed by atoms with van der Waals surface area (Å²) in [5.41, 5.74) is 0.613. The molecule has 0 radical (unpaired) electrons. The highest BCUT2D eigenvalue weighted by Crippen LogP contribution is 2.31. The quantitative estimate of drug-likeness (QED) is 0.605. The molecule has 3 aromatic rings. The zero-order valence-corrected chi connectivity index (χ0v) is 17.3. The lowest BCUT2D eigenvalue weighted by atomic mass is 10.2. The van der Waals surface area contributed by atoms with Gasteiger partial charge in [-0.25, -0.2) is 8.42 Å². The lowest BCUT2D eigenvalue weighted by Crippen LogP contribution is -2.39. The summed E-state index contributed by atoms with van der Waals surface area (Å²) in [4.78, 5) is 16.2. The summed E-state index contributed by atoms with van der Waals surface area (Å²) in [5.74, 6) is 0.744. The van der Waals surface area contributed by atoms with Gasteiger partial charge in [-0.1, -0.05) is 12.1 Å².